The van der Waals surface area contributed by atoms with Crippen molar-refractivity contribution in [1.82, 2.24) is 4.90 Å². The summed E-state index contributed by atoms with van der Waals surface area (Å²) in [6, 6.07) is 13.9. The van der Waals surface area contributed by atoms with E-state index in [0.29, 0.717) is 13.1 Å². The number of amides is 1. The number of halogens is 1. The molecule has 0 aromatic heterocycles. The fourth-order valence-electron chi connectivity index (χ4n) is 3.56. The minimum Gasteiger partial charge on any atom is -0.483 e. The van der Waals surface area contributed by atoms with Crippen molar-refractivity contribution in [2.45, 2.75) is 33.1 Å². The molecule has 2 aromatic rings. The van der Waals surface area contributed by atoms with E-state index in [4.69, 9.17) is 16.3 Å². The third-order valence-corrected chi connectivity index (χ3v) is 5.43. The van der Waals surface area contributed by atoms with Crippen LogP contribution in [0.5, 0.6) is 5.75 Å². The standard InChI is InChI=1S/C23H29ClN2O2/c1-17-9-10-18(24)15-20(17)25-11-13-26(14-12-25)22(27)16-28-21-8-6-5-7-19(21)23(2,3)4/h5-10,15H,11-14,16H2,1-4H3. The molecule has 1 fully saturated rings. The number of hydrogen-bond donors (Lipinski definition) is 0. The summed E-state index contributed by atoms with van der Waals surface area (Å²) in [5.74, 6) is 0.822. The maximum Gasteiger partial charge on any atom is 0.260 e. The van der Waals surface area contributed by atoms with E-state index in [1.807, 2.05) is 41.3 Å². The van der Waals surface area contributed by atoms with Crippen LogP contribution in [0.15, 0.2) is 42.5 Å². The molecule has 1 saturated heterocycles. The first-order chi connectivity index (χ1) is 13.3. The second-order valence-corrected chi connectivity index (χ2v) is 8.77. The van der Waals surface area contributed by atoms with E-state index in [0.717, 1.165) is 35.1 Å². The normalized spacial score (nSPS) is 14.9. The van der Waals surface area contributed by atoms with Gasteiger partial charge in [-0.15, -0.1) is 0 Å². The van der Waals surface area contributed by atoms with Gasteiger partial charge in [0.2, 0.25) is 0 Å². The van der Waals surface area contributed by atoms with E-state index < -0.39 is 0 Å². The predicted molar refractivity (Wildman–Crippen MR) is 116 cm³/mol. The molecular formula is C23H29ClN2O2. The van der Waals surface area contributed by atoms with Crippen LogP contribution in [0, 0.1) is 6.92 Å². The minimum absolute atomic E-state index is 0.0277. The predicted octanol–water partition coefficient (Wildman–Crippen LogP) is 4.67. The summed E-state index contributed by atoms with van der Waals surface area (Å²) in [5, 5.41) is 0.741. The van der Waals surface area contributed by atoms with Crippen molar-refractivity contribution in [2.75, 3.05) is 37.7 Å². The molecule has 0 atom stereocenters. The Morgan fingerprint density at radius 1 is 1.07 bits per heavy atom. The fraction of sp³-hybridized carbons (Fsp3) is 0.435. The van der Waals surface area contributed by atoms with Crippen LogP contribution in [0.4, 0.5) is 5.69 Å². The molecule has 4 nitrogen and oxygen atoms in total. The Balaban J connectivity index is 1.57. The molecule has 1 aliphatic heterocycles. The first kappa shape index (κ1) is 20.5. The summed E-state index contributed by atoms with van der Waals surface area (Å²) in [6.45, 7) is 11.6. The number of carbonyl (C=O) groups excluding carboxylic acids is 1. The van der Waals surface area contributed by atoms with E-state index in [2.05, 4.69) is 38.7 Å². The number of ether oxygens (including phenoxy) is 1. The summed E-state index contributed by atoms with van der Waals surface area (Å²) in [6.07, 6.45) is 0. The SMILES string of the molecule is Cc1ccc(Cl)cc1N1CCN(C(=O)COc2ccccc2C(C)(C)C)CC1. The van der Waals surface area contributed by atoms with E-state index in [1.54, 1.807) is 0 Å². The molecule has 1 heterocycles. The Hall–Kier alpha value is -2.20. The van der Waals surface area contributed by atoms with E-state index in [-0.39, 0.29) is 17.9 Å². The van der Waals surface area contributed by atoms with Crippen molar-refractivity contribution in [1.29, 1.82) is 0 Å². The number of carbonyl (C=O) groups is 1. The number of anilines is 1. The average molecular weight is 401 g/mol. The largest absolute Gasteiger partial charge is 0.483 e. The van der Waals surface area contributed by atoms with Crippen LogP contribution in [0.2, 0.25) is 5.02 Å². The van der Waals surface area contributed by atoms with Crippen molar-refractivity contribution in [3.8, 4) is 5.75 Å². The number of hydrogen-bond acceptors (Lipinski definition) is 3. The molecule has 1 aliphatic rings. The van der Waals surface area contributed by atoms with Crippen molar-refractivity contribution in [3.63, 3.8) is 0 Å². The molecule has 1 amide bonds. The van der Waals surface area contributed by atoms with Crippen molar-refractivity contribution in [3.05, 3.63) is 58.6 Å². The summed E-state index contributed by atoms with van der Waals surface area (Å²) in [4.78, 5) is 16.8. The Morgan fingerprint density at radius 2 is 1.75 bits per heavy atom. The lowest BCUT2D eigenvalue weighted by Crippen LogP contribution is -2.50. The highest BCUT2D eigenvalue weighted by Crippen LogP contribution is 2.31. The molecular weight excluding hydrogens is 372 g/mol. The molecule has 5 heteroatoms. The highest BCUT2D eigenvalue weighted by Gasteiger charge is 2.24. The Kier molecular flexibility index (Phi) is 6.19. The third kappa shape index (κ3) is 4.79. The van der Waals surface area contributed by atoms with Crippen LogP contribution >= 0.6 is 11.6 Å². The molecule has 3 rings (SSSR count). The van der Waals surface area contributed by atoms with Crippen molar-refractivity contribution >= 4 is 23.2 Å². The molecule has 0 bridgehead atoms. The molecule has 150 valence electrons. The van der Waals surface area contributed by atoms with Crippen LogP contribution in [0.3, 0.4) is 0 Å². The maximum absolute atomic E-state index is 12.7. The van der Waals surface area contributed by atoms with Gasteiger partial charge in [-0.1, -0.05) is 56.6 Å². The van der Waals surface area contributed by atoms with Crippen LogP contribution < -0.4 is 9.64 Å². The smallest absolute Gasteiger partial charge is 0.260 e. The zero-order chi connectivity index (χ0) is 20.3. The van der Waals surface area contributed by atoms with Gasteiger partial charge in [0, 0.05) is 36.9 Å². The fourth-order valence-corrected chi connectivity index (χ4v) is 3.73. The highest BCUT2D eigenvalue weighted by atomic mass is 35.5. The zero-order valence-corrected chi connectivity index (χ0v) is 17.9. The maximum atomic E-state index is 12.7. The number of rotatable bonds is 4. The van der Waals surface area contributed by atoms with Gasteiger partial charge < -0.3 is 14.5 Å². The quantitative estimate of drug-likeness (QED) is 0.747. The summed E-state index contributed by atoms with van der Waals surface area (Å²) in [7, 11) is 0. The van der Waals surface area contributed by atoms with Gasteiger partial charge in [-0.2, -0.15) is 0 Å². The molecule has 0 saturated carbocycles. The van der Waals surface area contributed by atoms with Crippen molar-refractivity contribution in [2.24, 2.45) is 0 Å². The van der Waals surface area contributed by atoms with Gasteiger partial charge in [0.1, 0.15) is 5.75 Å². The third-order valence-electron chi connectivity index (χ3n) is 5.19. The number of piperazine rings is 1. The first-order valence-electron chi connectivity index (χ1n) is 9.77. The van der Waals surface area contributed by atoms with Gasteiger partial charge in [0.05, 0.1) is 0 Å². The van der Waals surface area contributed by atoms with Crippen LogP contribution in [0.1, 0.15) is 31.9 Å². The van der Waals surface area contributed by atoms with Crippen LogP contribution in [-0.4, -0.2) is 43.6 Å². The Morgan fingerprint density at radius 3 is 2.43 bits per heavy atom. The van der Waals surface area contributed by atoms with Gasteiger partial charge in [-0.05, 0) is 41.7 Å². The summed E-state index contributed by atoms with van der Waals surface area (Å²) in [5.41, 5.74) is 3.44. The van der Waals surface area contributed by atoms with Gasteiger partial charge in [-0.3, -0.25) is 4.79 Å². The summed E-state index contributed by atoms with van der Waals surface area (Å²) >= 11 is 6.15. The first-order valence-corrected chi connectivity index (χ1v) is 10.1. The Bertz CT molecular complexity index is 837. The van der Waals surface area contributed by atoms with Crippen LogP contribution in [-0.2, 0) is 10.2 Å². The molecule has 2 aromatic carbocycles. The molecule has 28 heavy (non-hydrogen) atoms. The lowest BCUT2D eigenvalue weighted by Gasteiger charge is -2.37. The molecule has 0 aliphatic carbocycles. The van der Waals surface area contributed by atoms with Crippen LogP contribution in [0.25, 0.3) is 0 Å². The van der Waals surface area contributed by atoms with Gasteiger partial charge in [-0.25, -0.2) is 0 Å². The second kappa shape index (κ2) is 8.44. The monoisotopic (exact) mass is 400 g/mol. The number of benzene rings is 2. The second-order valence-electron chi connectivity index (χ2n) is 8.33. The van der Waals surface area contributed by atoms with E-state index in [9.17, 15) is 4.79 Å². The number of aryl methyl sites for hydroxylation is 1. The topological polar surface area (TPSA) is 32.8 Å². The molecule has 0 unspecified atom stereocenters. The van der Waals surface area contributed by atoms with E-state index >= 15 is 0 Å². The minimum atomic E-state index is -0.0277. The summed E-state index contributed by atoms with van der Waals surface area (Å²) < 4.78 is 5.90. The highest BCUT2D eigenvalue weighted by molar-refractivity contribution is 6.30. The van der Waals surface area contributed by atoms with Gasteiger partial charge in [0.15, 0.2) is 6.61 Å². The van der Waals surface area contributed by atoms with Crippen molar-refractivity contribution < 1.29 is 9.53 Å². The molecule has 0 radical (unpaired) electrons. The number of para-hydroxylation sites is 1. The van der Waals surface area contributed by atoms with E-state index in [1.165, 1.54) is 5.56 Å². The lowest BCUT2D eigenvalue weighted by atomic mass is 9.86. The molecule has 0 N–H and O–H groups in total. The zero-order valence-electron chi connectivity index (χ0n) is 17.2. The molecule has 0 spiro atoms. The average Bonchev–Trinajstić information content (AvgIpc) is 2.67. The number of nitrogens with zero attached hydrogens (tertiary/aromatic N) is 2. The Labute approximate surface area is 173 Å². The van der Waals surface area contributed by atoms with Gasteiger partial charge in [0.25, 0.3) is 5.91 Å². The lowest BCUT2D eigenvalue weighted by molar-refractivity contribution is -0.133. The van der Waals surface area contributed by atoms with Gasteiger partial charge >= 0.3 is 0 Å².